The first-order chi connectivity index (χ1) is 5.83. The first-order valence-corrected chi connectivity index (χ1v) is 4.14. The molecule has 0 saturated heterocycles. The Morgan fingerprint density at radius 1 is 1.50 bits per heavy atom. The molecule has 0 spiro atoms. The highest BCUT2D eigenvalue weighted by Gasteiger charge is 2.04. The molecule has 1 atom stereocenters. The van der Waals surface area contributed by atoms with Crippen LogP contribution in [0.2, 0.25) is 0 Å². The van der Waals surface area contributed by atoms with Gasteiger partial charge < -0.3 is 5.73 Å². The molecule has 1 aromatic rings. The predicted octanol–water partition coefficient (Wildman–Crippen LogP) is 0.960. The number of hydrogen-bond donors (Lipinski definition) is 1. The van der Waals surface area contributed by atoms with E-state index in [1.165, 1.54) is 0 Å². The smallest absolute Gasteiger partial charge is 0.103 e. The number of alkyl halides is 1. The average Bonchev–Trinajstić information content (AvgIpc) is 2.53. The van der Waals surface area contributed by atoms with E-state index in [-0.39, 0.29) is 0 Å². The van der Waals surface area contributed by atoms with E-state index in [9.17, 15) is 4.39 Å². The quantitative estimate of drug-likeness (QED) is 0.717. The maximum absolute atomic E-state index is 12.9. The van der Waals surface area contributed by atoms with Crippen LogP contribution < -0.4 is 5.73 Å². The second-order valence-electron chi connectivity index (χ2n) is 2.73. The van der Waals surface area contributed by atoms with E-state index in [1.54, 1.807) is 10.9 Å². The van der Waals surface area contributed by atoms with Crippen LogP contribution in [0.1, 0.15) is 12.8 Å². The first kappa shape index (κ1) is 9.19. The van der Waals surface area contributed by atoms with Crippen molar-refractivity contribution >= 4 is 0 Å². The zero-order valence-corrected chi connectivity index (χ0v) is 6.99. The minimum Gasteiger partial charge on any atom is -0.330 e. The predicted molar refractivity (Wildman–Crippen MR) is 45.4 cm³/mol. The number of hydrogen-bond acceptors (Lipinski definition) is 2. The van der Waals surface area contributed by atoms with E-state index in [1.807, 2.05) is 12.3 Å². The molecule has 1 aromatic heterocycles. The Hall–Kier alpha value is -0.900. The zero-order chi connectivity index (χ0) is 8.81. The van der Waals surface area contributed by atoms with Crippen LogP contribution in [-0.2, 0) is 6.54 Å². The third-order valence-electron chi connectivity index (χ3n) is 1.71. The molecule has 12 heavy (non-hydrogen) atoms. The lowest BCUT2D eigenvalue weighted by Gasteiger charge is -2.05. The van der Waals surface area contributed by atoms with Gasteiger partial charge in [-0.15, -0.1) is 0 Å². The van der Waals surface area contributed by atoms with Crippen molar-refractivity contribution in [1.29, 1.82) is 0 Å². The lowest BCUT2D eigenvalue weighted by molar-refractivity contribution is 0.283. The Balaban J connectivity index is 2.17. The number of aryl methyl sites for hydroxylation is 1. The Labute approximate surface area is 71.4 Å². The molecule has 0 aromatic carbocycles. The van der Waals surface area contributed by atoms with E-state index in [4.69, 9.17) is 5.73 Å². The molecule has 1 heterocycles. The molecular formula is C8H14FN3. The minimum absolute atomic E-state index is 0.417. The molecule has 0 radical (unpaired) electrons. The normalized spacial score (nSPS) is 13.2. The third kappa shape index (κ3) is 3.00. The fraction of sp³-hybridized carbons (Fsp3) is 0.625. The summed E-state index contributed by atoms with van der Waals surface area (Å²) in [6.07, 6.45) is 3.67. The van der Waals surface area contributed by atoms with Crippen molar-refractivity contribution in [2.75, 3.05) is 6.54 Å². The van der Waals surface area contributed by atoms with Gasteiger partial charge in [0.15, 0.2) is 0 Å². The molecule has 1 rings (SSSR count). The minimum atomic E-state index is -0.792. The second-order valence-corrected chi connectivity index (χ2v) is 2.73. The van der Waals surface area contributed by atoms with E-state index in [2.05, 4.69) is 5.10 Å². The molecule has 2 N–H and O–H groups in total. The van der Waals surface area contributed by atoms with E-state index < -0.39 is 6.17 Å². The van der Waals surface area contributed by atoms with Crippen LogP contribution in [-0.4, -0.2) is 22.5 Å². The van der Waals surface area contributed by atoms with Crippen molar-refractivity contribution in [3.05, 3.63) is 18.5 Å². The van der Waals surface area contributed by atoms with Gasteiger partial charge in [0.1, 0.15) is 6.17 Å². The fourth-order valence-electron chi connectivity index (χ4n) is 1.03. The number of nitrogens with zero attached hydrogens (tertiary/aromatic N) is 2. The van der Waals surface area contributed by atoms with Gasteiger partial charge in [0.25, 0.3) is 0 Å². The highest BCUT2D eigenvalue weighted by atomic mass is 19.1. The van der Waals surface area contributed by atoms with Crippen LogP contribution in [0.15, 0.2) is 18.5 Å². The zero-order valence-electron chi connectivity index (χ0n) is 6.99. The first-order valence-electron chi connectivity index (χ1n) is 4.14. The van der Waals surface area contributed by atoms with Crippen molar-refractivity contribution in [1.82, 2.24) is 9.78 Å². The third-order valence-corrected chi connectivity index (χ3v) is 1.71. The van der Waals surface area contributed by atoms with Crippen LogP contribution in [0, 0.1) is 0 Å². The number of aromatic nitrogens is 2. The molecule has 0 aliphatic rings. The lowest BCUT2D eigenvalue weighted by Crippen LogP contribution is -2.12. The van der Waals surface area contributed by atoms with Gasteiger partial charge >= 0.3 is 0 Å². The van der Waals surface area contributed by atoms with Crippen molar-refractivity contribution < 1.29 is 4.39 Å². The van der Waals surface area contributed by atoms with Gasteiger partial charge in [0.2, 0.25) is 0 Å². The van der Waals surface area contributed by atoms with Crippen LogP contribution >= 0.6 is 0 Å². The van der Waals surface area contributed by atoms with Crippen LogP contribution in [0.5, 0.6) is 0 Å². The summed E-state index contributed by atoms with van der Waals surface area (Å²) in [5.41, 5.74) is 5.22. The highest BCUT2D eigenvalue weighted by molar-refractivity contribution is 4.77. The summed E-state index contributed by atoms with van der Waals surface area (Å²) in [6, 6.07) is 1.83. The standard InChI is InChI=1S/C8H14FN3/c9-8(2-4-10)3-7-12-6-1-5-11-12/h1,5-6,8H,2-4,7,10H2. The molecule has 3 nitrogen and oxygen atoms in total. The SMILES string of the molecule is NCCC(F)CCn1cccn1. The van der Waals surface area contributed by atoms with Gasteiger partial charge in [0.05, 0.1) is 0 Å². The Morgan fingerprint density at radius 3 is 2.92 bits per heavy atom. The molecule has 4 heteroatoms. The number of halogens is 1. The van der Waals surface area contributed by atoms with Gasteiger partial charge in [-0.2, -0.15) is 5.10 Å². The summed E-state index contributed by atoms with van der Waals surface area (Å²) in [5.74, 6) is 0. The molecule has 0 bridgehead atoms. The Kier molecular flexibility index (Phi) is 3.73. The van der Waals surface area contributed by atoms with Crippen molar-refractivity contribution in [2.45, 2.75) is 25.6 Å². The van der Waals surface area contributed by atoms with Crippen LogP contribution in [0.25, 0.3) is 0 Å². The van der Waals surface area contributed by atoms with Crippen LogP contribution in [0.4, 0.5) is 4.39 Å². The largest absolute Gasteiger partial charge is 0.330 e. The Bertz CT molecular complexity index is 198. The van der Waals surface area contributed by atoms with Crippen molar-refractivity contribution in [3.63, 3.8) is 0 Å². The maximum atomic E-state index is 12.9. The summed E-state index contributed by atoms with van der Waals surface area (Å²) in [4.78, 5) is 0. The highest BCUT2D eigenvalue weighted by Crippen LogP contribution is 2.03. The molecule has 68 valence electrons. The van der Waals surface area contributed by atoms with Crippen molar-refractivity contribution in [3.8, 4) is 0 Å². The molecule has 0 aliphatic carbocycles. The topological polar surface area (TPSA) is 43.8 Å². The van der Waals surface area contributed by atoms with E-state index in [0.29, 0.717) is 25.9 Å². The number of nitrogens with two attached hydrogens (primary N) is 1. The van der Waals surface area contributed by atoms with Gasteiger partial charge in [-0.25, -0.2) is 4.39 Å². The molecular weight excluding hydrogens is 157 g/mol. The van der Waals surface area contributed by atoms with Gasteiger partial charge in [-0.1, -0.05) is 0 Å². The summed E-state index contributed by atoms with van der Waals surface area (Å²) in [6.45, 7) is 1.05. The molecule has 0 amide bonds. The van der Waals surface area contributed by atoms with E-state index in [0.717, 1.165) is 0 Å². The Morgan fingerprint density at radius 2 is 2.33 bits per heavy atom. The number of rotatable bonds is 5. The van der Waals surface area contributed by atoms with Gasteiger partial charge in [0, 0.05) is 18.9 Å². The van der Waals surface area contributed by atoms with Crippen LogP contribution in [0.3, 0.4) is 0 Å². The van der Waals surface area contributed by atoms with E-state index >= 15 is 0 Å². The second kappa shape index (κ2) is 4.87. The summed E-state index contributed by atoms with van der Waals surface area (Å²) < 4.78 is 14.6. The monoisotopic (exact) mass is 171 g/mol. The lowest BCUT2D eigenvalue weighted by atomic mass is 10.2. The van der Waals surface area contributed by atoms with Gasteiger partial charge in [-0.3, -0.25) is 4.68 Å². The fourth-order valence-corrected chi connectivity index (χ4v) is 1.03. The molecule has 0 fully saturated rings. The summed E-state index contributed by atoms with van der Waals surface area (Å²) in [5, 5.41) is 3.97. The molecule has 0 saturated carbocycles. The summed E-state index contributed by atoms with van der Waals surface area (Å²) >= 11 is 0. The molecule has 0 aliphatic heterocycles. The molecule has 1 unspecified atom stereocenters. The van der Waals surface area contributed by atoms with Gasteiger partial charge in [-0.05, 0) is 25.5 Å². The maximum Gasteiger partial charge on any atom is 0.103 e. The average molecular weight is 171 g/mol. The van der Waals surface area contributed by atoms with Crippen molar-refractivity contribution in [2.24, 2.45) is 5.73 Å². The summed E-state index contributed by atoms with van der Waals surface area (Å²) in [7, 11) is 0.